The molecule has 0 aliphatic heterocycles. The Bertz CT molecular complexity index is 923. The Morgan fingerprint density at radius 2 is 1.73 bits per heavy atom. The van der Waals surface area contributed by atoms with Crippen molar-refractivity contribution in [1.82, 2.24) is 10.4 Å². The first-order chi connectivity index (χ1) is 14.0. The Hall–Kier alpha value is -4.01. The number of rotatable bonds is 6. The lowest BCUT2D eigenvalue weighted by molar-refractivity contribution is -0.753. The van der Waals surface area contributed by atoms with Crippen LogP contribution < -0.4 is 10.00 Å². The van der Waals surface area contributed by atoms with Gasteiger partial charge in [0.2, 0.25) is 0 Å². The summed E-state index contributed by atoms with van der Waals surface area (Å²) in [6.07, 6.45) is -2.14. The van der Waals surface area contributed by atoms with Crippen LogP contribution in [0.1, 0.15) is 27.9 Å². The minimum atomic E-state index is -5.08. The Labute approximate surface area is 168 Å². The van der Waals surface area contributed by atoms with Crippen LogP contribution in [0.25, 0.3) is 0 Å². The van der Waals surface area contributed by atoms with Crippen LogP contribution in [-0.2, 0) is 22.7 Å². The van der Waals surface area contributed by atoms with Crippen molar-refractivity contribution in [2.75, 3.05) is 0 Å². The summed E-state index contributed by atoms with van der Waals surface area (Å²) in [6, 6.07) is 10.6. The number of aryl methyl sites for hydroxylation is 1. The van der Waals surface area contributed by atoms with E-state index in [0.717, 1.165) is 5.56 Å². The molecule has 0 saturated heterocycles. The molecular formula is C18H16F3N4O5+. The maximum atomic E-state index is 12.0. The predicted octanol–water partition coefficient (Wildman–Crippen LogP) is 1.28. The van der Waals surface area contributed by atoms with Gasteiger partial charge in [-0.2, -0.15) is 18.4 Å². The van der Waals surface area contributed by atoms with Crippen LogP contribution in [-0.4, -0.2) is 39.3 Å². The molecule has 158 valence electrons. The highest BCUT2D eigenvalue weighted by molar-refractivity contribution is 5.93. The van der Waals surface area contributed by atoms with E-state index in [9.17, 15) is 22.8 Å². The molecule has 30 heavy (non-hydrogen) atoms. The lowest BCUT2D eigenvalue weighted by Gasteiger charge is -2.04. The van der Waals surface area contributed by atoms with Gasteiger partial charge < -0.3 is 15.5 Å². The first kappa shape index (κ1) is 24.0. The molecule has 0 saturated carbocycles. The molecule has 0 spiro atoms. The molecule has 9 nitrogen and oxygen atoms in total. The summed E-state index contributed by atoms with van der Waals surface area (Å²) in [4.78, 5) is 31.4. The minimum absolute atomic E-state index is 0.0259. The number of aromatic nitrogens is 2. The van der Waals surface area contributed by atoms with Gasteiger partial charge in [-0.1, -0.05) is 16.8 Å². The van der Waals surface area contributed by atoms with E-state index >= 15 is 0 Å². The average molecular weight is 425 g/mol. The number of nitrogens with one attached hydrogen (secondary N) is 1. The van der Waals surface area contributed by atoms with E-state index in [0.29, 0.717) is 17.7 Å². The van der Waals surface area contributed by atoms with Gasteiger partial charge >= 0.3 is 18.1 Å². The van der Waals surface area contributed by atoms with Crippen molar-refractivity contribution in [2.24, 2.45) is 0 Å². The lowest BCUT2D eigenvalue weighted by Crippen LogP contribution is -2.39. The van der Waals surface area contributed by atoms with Crippen LogP contribution in [0.2, 0.25) is 0 Å². The number of carbonyl (C=O) groups excluding carboxylic acids is 1. The van der Waals surface area contributed by atoms with Crippen molar-refractivity contribution in [3.05, 3.63) is 59.4 Å². The maximum Gasteiger partial charge on any atom is 0.490 e. The zero-order valence-electron chi connectivity index (χ0n) is 15.3. The maximum absolute atomic E-state index is 12.0. The summed E-state index contributed by atoms with van der Waals surface area (Å²) in [5.41, 5.74) is 1.85. The Balaban J connectivity index is 0.000000553. The highest BCUT2D eigenvalue weighted by Crippen LogP contribution is 2.13. The minimum Gasteiger partial charge on any atom is -0.481 e. The molecule has 1 heterocycles. The van der Waals surface area contributed by atoms with Gasteiger partial charge in [-0.15, -0.1) is 0 Å². The van der Waals surface area contributed by atoms with Crippen LogP contribution in [0.3, 0.4) is 0 Å². The van der Waals surface area contributed by atoms with Gasteiger partial charge in [0.15, 0.2) is 12.7 Å². The van der Waals surface area contributed by atoms with Crippen LogP contribution in [0, 0.1) is 11.3 Å². The number of hydrogen-bond donors (Lipinski definition) is 3. The Morgan fingerprint density at radius 3 is 2.17 bits per heavy atom. The van der Waals surface area contributed by atoms with Crippen LogP contribution in [0.4, 0.5) is 13.2 Å². The summed E-state index contributed by atoms with van der Waals surface area (Å²) < 4.78 is 33.2. The second-order valence-electron chi connectivity index (χ2n) is 5.62. The Kier molecular flexibility index (Phi) is 8.89. The SMILES string of the molecule is N#Cc1ccc(CNC(=O)c2cc[n+](CCC(=O)O)nc2)cc1.O=C(O)C(F)(F)F. The molecule has 0 aliphatic rings. The lowest BCUT2D eigenvalue weighted by atomic mass is 10.1. The number of carboxylic acid groups (broad SMARTS) is 2. The van der Waals surface area contributed by atoms with E-state index in [1.165, 1.54) is 10.9 Å². The van der Waals surface area contributed by atoms with Gasteiger partial charge in [0.25, 0.3) is 5.91 Å². The van der Waals surface area contributed by atoms with Crippen molar-refractivity contribution >= 4 is 17.8 Å². The molecular weight excluding hydrogens is 409 g/mol. The second kappa shape index (κ2) is 11.1. The molecule has 0 fully saturated rings. The third-order valence-corrected chi connectivity index (χ3v) is 3.37. The first-order valence-corrected chi connectivity index (χ1v) is 8.18. The van der Waals surface area contributed by atoms with Gasteiger partial charge in [0.05, 0.1) is 17.2 Å². The predicted molar refractivity (Wildman–Crippen MR) is 92.7 cm³/mol. The number of aliphatic carboxylic acids is 2. The molecule has 0 unspecified atom stereocenters. The highest BCUT2D eigenvalue weighted by atomic mass is 19.4. The van der Waals surface area contributed by atoms with E-state index in [2.05, 4.69) is 10.4 Å². The molecule has 0 aliphatic carbocycles. The van der Waals surface area contributed by atoms with Crippen LogP contribution >= 0.6 is 0 Å². The molecule has 1 aromatic carbocycles. The van der Waals surface area contributed by atoms with Crippen molar-refractivity contribution in [1.29, 1.82) is 5.26 Å². The summed E-state index contributed by atoms with van der Waals surface area (Å²) in [7, 11) is 0. The van der Waals surface area contributed by atoms with Gasteiger partial charge in [-0.25, -0.2) is 4.79 Å². The molecule has 1 aromatic heterocycles. The quantitative estimate of drug-likeness (QED) is 0.591. The molecule has 12 heteroatoms. The van der Waals surface area contributed by atoms with Crippen molar-refractivity contribution in [3.63, 3.8) is 0 Å². The zero-order chi connectivity index (χ0) is 22.7. The first-order valence-electron chi connectivity index (χ1n) is 8.18. The second-order valence-corrected chi connectivity index (χ2v) is 5.62. The third-order valence-electron chi connectivity index (χ3n) is 3.37. The number of carbonyl (C=O) groups is 3. The number of benzene rings is 1. The summed E-state index contributed by atoms with van der Waals surface area (Å²) >= 11 is 0. The number of halogens is 3. The van der Waals surface area contributed by atoms with Crippen LogP contribution in [0.15, 0.2) is 42.7 Å². The number of nitriles is 1. The van der Waals surface area contributed by atoms with Gasteiger partial charge in [-0.05, 0) is 22.8 Å². The smallest absolute Gasteiger partial charge is 0.481 e. The number of hydrogen-bond acceptors (Lipinski definition) is 5. The molecule has 1 amide bonds. The van der Waals surface area contributed by atoms with E-state index in [1.54, 1.807) is 36.5 Å². The van der Waals surface area contributed by atoms with Crippen LogP contribution in [0.5, 0.6) is 0 Å². The molecule has 0 atom stereocenters. The van der Waals surface area contributed by atoms with Gasteiger partial charge in [0, 0.05) is 12.6 Å². The standard InChI is InChI=1S/C16H14N4O3.C2HF3O2/c17-9-12-1-3-13(4-2-12)10-18-16(23)14-5-7-20(19-11-14)8-6-15(21)22;3-2(4,5)1(6)7/h1-5,7,11H,6,8,10H2,(H-,18,21,22,23);(H,6,7)/p+1. The zero-order valence-corrected chi connectivity index (χ0v) is 15.3. The average Bonchev–Trinajstić information content (AvgIpc) is 2.71. The Morgan fingerprint density at radius 1 is 1.13 bits per heavy atom. The van der Waals surface area contributed by atoms with E-state index in [1.807, 2.05) is 6.07 Å². The summed E-state index contributed by atoms with van der Waals surface area (Å²) in [5.74, 6) is -3.93. The van der Waals surface area contributed by atoms with E-state index in [-0.39, 0.29) is 18.9 Å². The number of alkyl halides is 3. The molecule has 3 N–H and O–H groups in total. The van der Waals surface area contributed by atoms with Crippen molar-refractivity contribution < 1.29 is 42.4 Å². The molecule has 0 bridgehead atoms. The molecule has 2 rings (SSSR count). The molecule has 0 radical (unpaired) electrons. The normalized spacial score (nSPS) is 10.2. The third kappa shape index (κ3) is 8.79. The number of nitrogens with zero attached hydrogens (tertiary/aromatic N) is 3. The monoisotopic (exact) mass is 425 g/mol. The topological polar surface area (TPSA) is 144 Å². The largest absolute Gasteiger partial charge is 0.490 e. The van der Waals surface area contributed by atoms with Crippen molar-refractivity contribution in [3.8, 4) is 6.07 Å². The summed E-state index contributed by atoms with van der Waals surface area (Å²) in [5, 5.41) is 31.2. The fourth-order valence-corrected chi connectivity index (χ4v) is 1.84. The van der Waals surface area contributed by atoms with E-state index in [4.69, 9.17) is 20.3 Å². The fraction of sp³-hybridized carbons (Fsp3) is 0.222. The summed E-state index contributed by atoms with van der Waals surface area (Å²) in [6.45, 7) is 0.598. The number of amides is 1. The van der Waals surface area contributed by atoms with Crippen molar-refractivity contribution in [2.45, 2.75) is 25.7 Å². The molecule has 2 aromatic rings. The highest BCUT2D eigenvalue weighted by Gasteiger charge is 2.38. The van der Waals surface area contributed by atoms with Gasteiger partial charge in [0.1, 0.15) is 12.6 Å². The van der Waals surface area contributed by atoms with Gasteiger partial charge in [-0.3, -0.25) is 9.59 Å². The van der Waals surface area contributed by atoms with E-state index < -0.39 is 18.1 Å². The fourth-order valence-electron chi connectivity index (χ4n) is 1.84. The number of carboxylic acids is 2.